The van der Waals surface area contributed by atoms with E-state index in [1.807, 2.05) is 36.4 Å². The Balaban J connectivity index is 1.67. The number of morpholine rings is 1. The quantitative estimate of drug-likeness (QED) is 0.546. The first-order valence-electron chi connectivity index (χ1n) is 8.44. The van der Waals surface area contributed by atoms with E-state index in [-0.39, 0.29) is 5.91 Å². The highest BCUT2D eigenvalue weighted by molar-refractivity contribution is 9.10. The molecule has 1 saturated heterocycles. The van der Waals surface area contributed by atoms with Crippen LogP contribution in [0.2, 0.25) is 10.0 Å². The van der Waals surface area contributed by atoms with Gasteiger partial charge in [-0.2, -0.15) is 0 Å². The summed E-state index contributed by atoms with van der Waals surface area (Å²) in [5.74, 6) is -0.316. The van der Waals surface area contributed by atoms with Crippen LogP contribution in [0.1, 0.15) is 10.5 Å². The molecular formula is C19H16BrCl2N3O2. The zero-order valence-corrected chi connectivity index (χ0v) is 17.3. The average molecular weight is 469 g/mol. The minimum atomic E-state index is -0.316. The Labute approximate surface area is 174 Å². The molecule has 2 N–H and O–H groups in total. The molecule has 0 spiro atoms. The van der Waals surface area contributed by atoms with Crippen LogP contribution in [0.5, 0.6) is 0 Å². The number of aromatic amines is 1. The number of anilines is 2. The maximum atomic E-state index is 12.9. The van der Waals surface area contributed by atoms with E-state index in [9.17, 15) is 4.79 Å². The minimum Gasteiger partial charge on any atom is -0.378 e. The molecule has 0 unspecified atom stereocenters. The normalized spacial score (nSPS) is 14.6. The number of benzene rings is 2. The number of aromatic nitrogens is 1. The Morgan fingerprint density at radius 2 is 1.96 bits per heavy atom. The Hall–Kier alpha value is -1.73. The maximum absolute atomic E-state index is 12.9. The number of hydrogen-bond donors (Lipinski definition) is 2. The first-order chi connectivity index (χ1) is 13.0. The molecule has 1 fully saturated rings. The van der Waals surface area contributed by atoms with Crippen LogP contribution in [-0.2, 0) is 4.74 Å². The fraction of sp³-hybridized carbons (Fsp3) is 0.211. The fourth-order valence-electron chi connectivity index (χ4n) is 3.20. The number of fused-ring (bicyclic) bond motifs is 1. The number of nitrogens with one attached hydrogen (secondary N) is 2. The molecule has 0 aliphatic carbocycles. The third kappa shape index (κ3) is 3.67. The van der Waals surface area contributed by atoms with Gasteiger partial charge in [-0.25, -0.2) is 0 Å². The third-order valence-corrected chi connectivity index (χ3v) is 5.68. The summed E-state index contributed by atoms with van der Waals surface area (Å²) >= 11 is 16.3. The Morgan fingerprint density at radius 3 is 2.74 bits per heavy atom. The summed E-state index contributed by atoms with van der Waals surface area (Å²) in [6, 6.07) is 11.1. The number of carbonyl (C=O) groups excluding carboxylic acids is 1. The molecule has 2 heterocycles. The smallest absolute Gasteiger partial charge is 0.273 e. The van der Waals surface area contributed by atoms with E-state index in [0.717, 1.165) is 21.1 Å². The maximum Gasteiger partial charge on any atom is 0.273 e. The highest BCUT2D eigenvalue weighted by atomic mass is 79.9. The molecule has 27 heavy (non-hydrogen) atoms. The summed E-state index contributed by atoms with van der Waals surface area (Å²) in [5, 5.41) is 4.71. The molecule has 1 amide bonds. The monoisotopic (exact) mass is 467 g/mol. The van der Waals surface area contributed by atoms with Gasteiger partial charge < -0.3 is 19.9 Å². The second-order valence-electron chi connectivity index (χ2n) is 6.19. The van der Waals surface area contributed by atoms with Gasteiger partial charge in [0.1, 0.15) is 5.69 Å². The lowest BCUT2D eigenvalue weighted by Crippen LogP contribution is -2.37. The van der Waals surface area contributed by atoms with Gasteiger partial charge in [-0.05, 0) is 30.3 Å². The van der Waals surface area contributed by atoms with E-state index in [1.165, 1.54) is 0 Å². The van der Waals surface area contributed by atoms with Gasteiger partial charge in [-0.15, -0.1) is 0 Å². The van der Waals surface area contributed by atoms with Crippen LogP contribution in [-0.4, -0.2) is 37.2 Å². The second kappa shape index (κ2) is 7.72. The van der Waals surface area contributed by atoms with Crippen LogP contribution < -0.4 is 10.2 Å². The Bertz CT molecular complexity index is 1020. The van der Waals surface area contributed by atoms with E-state index in [4.69, 9.17) is 27.9 Å². The van der Waals surface area contributed by atoms with Crippen molar-refractivity contribution in [1.29, 1.82) is 0 Å². The van der Waals surface area contributed by atoms with Gasteiger partial charge >= 0.3 is 0 Å². The van der Waals surface area contributed by atoms with E-state index in [0.29, 0.717) is 47.7 Å². The van der Waals surface area contributed by atoms with Crippen molar-refractivity contribution in [3.63, 3.8) is 0 Å². The lowest BCUT2D eigenvalue weighted by molar-refractivity contribution is 0.102. The Kier molecular flexibility index (Phi) is 5.32. The Morgan fingerprint density at radius 1 is 1.19 bits per heavy atom. The number of para-hydroxylation sites is 1. The SMILES string of the molecule is O=C(Nc1cccc(Cl)c1N1CCOCC1)c1[nH]c2ccc(Br)cc2c1Cl. The van der Waals surface area contributed by atoms with Crippen LogP contribution in [0, 0.1) is 0 Å². The molecular weight excluding hydrogens is 453 g/mol. The topological polar surface area (TPSA) is 57.4 Å². The van der Waals surface area contributed by atoms with Crippen molar-refractivity contribution in [1.82, 2.24) is 4.98 Å². The molecule has 4 rings (SSSR count). The molecule has 0 atom stereocenters. The van der Waals surface area contributed by atoms with E-state index < -0.39 is 0 Å². The molecule has 1 aromatic heterocycles. The van der Waals surface area contributed by atoms with E-state index in [1.54, 1.807) is 0 Å². The number of nitrogens with zero attached hydrogens (tertiary/aromatic N) is 1. The average Bonchev–Trinajstić information content (AvgIpc) is 2.99. The second-order valence-corrected chi connectivity index (χ2v) is 7.89. The van der Waals surface area contributed by atoms with Gasteiger partial charge in [0.2, 0.25) is 0 Å². The van der Waals surface area contributed by atoms with Crippen molar-refractivity contribution in [2.45, 2.75) is 0 Å². The molecule has 140 valence electrons. The summed E-state index contributed by atoms with van der Waals surface area (Å²) in [4.78, 5) is 18.1. The van der Waals surface area contributed by atoms with Crippen molar-refractivity contribution in [3.05, 3.63) is 56.6 Å². The molecule has 3 aromatic rings. The predicted molar refractivity (Wildman–Crippen MR) is 113 cm³/mol. The molecule has 0 bridgehead atoms. The van der Waals surface area contributed by atoms with Crippen molar-refractivity contribution in [2.75, 3.05) is 36.5 Å². The number of ether oxygens (including phenoxy) is 1. The molecule has 2 aromatic carbocycles. The molecule has 1 aliphatic heterocycles. The summed E-state index contributed by atoms with van der Waals surface area (Å²) in [6.45, 7) is 2.68. The fourth-order valence-corrected chi connectivity index (χ4v) is 4.14. The number of hydrogen-bond acceptors (Lipinski definition) is 3. The van der Waals surface area contributed by atoms with Gasteiger partial charge in [0, 0.05) is 28.5 Å². The van der Waals surface area contributed by atoms with Crippen LogP contribution in [0.15, 0.2) is 40.9 Å². The van der Waals surface area contributed by atoms with Crippen molar-refractivity contribution < 1.29 is 9.53 Å². The standard InChI is InChI=1S/C19H16BrCl2N3O2/c20-11-4-5-14-12(10-11)16(22)17(23-14)19(26)24-15-3-1-2-13(21)18(15)25-6-8-27-9-7-25/h1-5,10,23H,6-9H2,(H,24,26). The van der Waals surface area contributed by atoms with Crippen LogP contribution in [0.3, 0.4) is 0 Å². The summed E-state index contributed by atoms with van der Waals surface area (Å²) in [7, 11) is 0. The number of rotatable bonds is 3. The molecule has 5 nitrogen and oxygen atoms in total. The van der Waals surface area contributed by atoms with Gasteiger partial charge in [0.05, 0.1) is 34.6 Å². The first kappa shape index (κ1) is 18.6. The zero-order valence-electron chi connectivity index (χ0n) is 14.2. The highest BCUT2D eigenvalue weighted by Crippen LogP contribution is 2.36. The van der Waals surface area contributed by atoms with Crippen molar-refractivity contribution in [2.24, 2.45) is 0 Å². The molecule has 8 heteroatoms. The van der Waals surface area contributed by atoms with Gasteiger partial charge in [0.15, 0.2) is 0 Å². The number of halogens is 3. The zero-order chi connectivity index (χ0) is 19.0. The van der Waals surface area contributed by atoms with Crippen LogP contribution in [0.4, 0.5) is 11.4 Å². The number of amides is 1. The molecule has 0 saturated carbocycles. The molecule has 1 aliphatic rings. The largest absolute Gasteiger partial charge is 0.378 e. The lowest BCUT2D eigenvalue weighted by atomic mass is 10.2. The predicted octanol–water partition coefficient (Wildman–Crippen LogP) is 5.33. The third-order valence-electron chi connectivity index (χ3n) is 4.49. The summed E-state index contributed by atoms with van der Waals surface area (Å²) in [5.41, 5.74) is 2.56. The van der Waals surface area contributed by atoms with Gasteiger partial charge in [-0.3, -0.25) is 4.79 Å². The van der Waals surface area contributed by atoms with E-state index in [2.05, 4.69) is 31.1 Å². The number of H-pyrrole nitrogens is 1. The van der Waals surface area contributed by atoms with Crippen LogP contribution >= 0.6 is 39.1 Å². The van der Waals surface area contributed by atoms with Gasteiger partial charge in [0.25, 0.3) is 5.91 Å². The highest BCUT2D eigenvalue weighted by Gasteiger charge is 2.22. The molecule has 0 radical (unpaired) electrons. The van der Waals surface area contributed by atoms with Crippen molar-refractivity contribution >= 4 is 67.3 Å². The van der Waals surface area contributed by atoms with Gasteiger partial charge in [-0.1, -0.05) is 45.2 Å². The summed E-state index contributed by atoms with van der Waals surface area (Å²) in [6.07, 6.45) is 0. The summed E-state index contributed by atoms with van der Waals surface area (Å²) < 4.78 is 6.31. The number of carbonyl (C=O) groups is 1. The van der Waals surface area contributed by atoms with E-state index >= 15 is 0 Å². The first-order valence-corrected chi connectivity index (χ1v) is 9.99. The lowest BCUT2D eigenvalue weighted by Gasteiger charge is -2.31. The minimum absolute atomic E-state index is 0.316. The van der Waals surface area contributed by atoms with Crippen LogP contribution in [0.25, 0.3) is 10.9 Å². The van der Waals surface area contributed by atoms with Crippen molar-refractivity contribution in [3.8, 4) is 0 Å².